The van der Waals surface area contributed by atoms with E-state index in [0.717, 1.165) is 39.1 Å². The van der Waals surface area contributed by atoms with E-state index in [0.29, 0.717) is 19.5 Å². The third-order valence-electron chi connectivity index (χ3n) is 5.77. The van der Waals surface area contributed by atoms with Gasteiger partial charge < -0.3 is 19.6 Å². The Morgan fingerprint density at radius 2 is 1.86 bits per heavy atom. The van der Waals surface area contributed by atoms with Crippen LogP contribution in [0.1, 0.15) is 40.0 Å². The van der Waals surface area contributed by atoms with Crippen molar-refractivity contribution in [2.24, 2.45) is 11.3 Å². The molecule has 2 aliphatic heterocycles. The van der Waals surface area contributed by atoms with Crippen LogP contribution in [0.2, 0.25) is 0 Å². The number of nitrogens with zero attached hydrogens (tertiary/aromatic N) is 2. The van der Waals surface area contributed by atoms with Gasteiger partial charge in [0.15, 0.2) is 0 Å². The van der Waals surface area contributed by atoms with E-state index in [-0.39, 0.29) is 17.2 Å². The number of hydrogen-bond donors (Lipinski definition) is 1. The Hall–Kier alpha value is -0.650. The normalized spacial score (nSPS) is 30.5. The van der Waals surface area contributed by atoms with E-state index in [9.17, 15) is 9.90 Å². The molecule has 2 fully saturated rings. The molecule has 1 N–H and O–H groups in total. The van der Waals surface area contributed by atoms with Crippen molar-refractivity contribution in [1.29, 1.82) is 0 Å². The summed E-state index contributed by atoms with van der Waals surface area (Å²) >= 11 is 0. The Morgan fingerprint density at radius 1 is 1.23 bits per heavy atom. The molecule has 1 atom stereocenters. The number of rotatable bonds is 4. The van der Waals surface area contributed by atoms with Crippen molar-refractivity contribution in [3.8, 4) is 0 Å². The van der Waals surface area contributed by atoms with Crippen LogP contribution in [0.5, 0.6) is 0 Å². The standard InChI is InChI=1S/C17H32N2O3/c1-16(2)13-19(10-7-17(16,3)21)15(20)14-5-8-18(9-6-14)11-12-22-4/h14,21H,5-13H2,1-4H3/t17-/m0/s1. The summed E-state index contributed by atoms with van der Waals surface area (Å²) in [4.78, 5) is 17.1. The Kier molecular flexibility index (Phi) is 5.51. The maximum Gasteiger partial charge on any atom is 0.225 e. The molecule has 0 bridgehead atoms. The van der Waals surface area contributed by atoms with Crippen molar-refractivity contribution in [3.05, 3.63) is 0 Å². The minimum atomic E-state index is -0.687. The first-order valence-corrected chi connectivity index (χ1v) is 8.49. The summed E-state index contributed by atoms with van der Waals surface area (Å²) in [7, 11) is 1.73. The first kappa shape index (κ1) is 17.7. The van der Waals surface area contributed by atoms with Crippen molar-refractivity contribution in [2.45, 2.75) is 45.6 Å². The lowest BCUT2D eigenvalue weighted by Crippen LogP contribution is -2.58. The Bertz CT molecular complexity index is 387. The molecule has 128 valence electrons. The summed E-state index contributed by atoms with van der Waals surface area (Å²) in [6, 6.07) is 0. The van der Waals surface area contributed by atoms with Crippen molar-refractivity contribution >= 4 is 5.91 Å². The van der Waals surface area contributed by atoms with Crippen molar-refractivity contribution in [3.63, 3.8) is 0 Å². The highest BCUT2D eigenvalue weighted by atomic mass is 16.5. The molecule has 2 rings (SSSR count). The highest BCUT2D eigenvalue weighted by Gasteiger charge is 2.45. The fourth-order valence-electron chi connectivity index (χ4n) is 3.49. The fourth-order valence-corrected chi connectivity index (χ4v) is 3.49. The van der Waals surface area contributed by atoms with Crippen LogP contribution in [0.25, 0.3) is 0 Å². The van der Waals surface area contributed by atoms with Crippen LogP contribution in [0, 0.1) is 11.3 Å². The van der Waals surface area contributed by atoms with Gasteiger partial charge in [-0.1, -0.05) is 13.8 Å². The molecule has 1 amide bonds. The van der Waals surface area contributed by atoms with Crippen LogP contribution in [0.4, 0.5) is 0 Å². The SMILES string of the molecule is COCCN1CCC(C(=O)N2CC[C@](C)(O)C(C)(C)C2)CC1. The lowest BCUT2D eigenvalue weighted by Gasteiger charge is -2.49. The van der Waals surface area contributed by atoms with Crippen molar-refractivity contribution in [1.82, 2.24) is 9.80 Å². The molecule has 0 aromatic carbocycles. The number of hydrogen-bond acceptors (Lipinski definition) is 4. The Morgan fingerprint density at radius 3 is 2.41 bits per heavy atom. The predicted molar refractivity (Wildman–Crippen MR) is 86.6 cm³/mol. The smallest absolute Gasteiger partial charge is 0.225 e. The molecule has 0 unspecified atom stereocenters. The van der Waals surface area contributed by atoms with Gasteiger partial charge in [0, 0.05) is 38.1 Å². The molecule has 2 heterocycles. The molecule has 0 aromatic rings. The second kappa shape index (κ2) is 6.85. The van der Waals surface area contributed by atoms with Gasteiger partial charge in [-0.05, 0) is 39.3 Å². The summed E-state index contributed by atoms with van der Waals surface area (Å²) in [6.07, 6.45) is 2.55. The number of likely N-dealkylation sites (tertiary alicyclic amines) is 2. The van der Waals surface area contributed by atoms with Crippen LogP contribution in [-0.2, 0) is 9.53 Å². The summed E-state index contributed by atoms with van der Waals surface area (Å²) in [5, 5.41) is 10.5. The minimum absolute atomic E-state index is 0.151. The molecular weight excluding hydrogens is 280 g/mol. The zero-order valence-corrected chi connectivity index (χ0v) is 14.6. The van der Waals surface area contributed by atoms with E-state index < -0.39 is 5.60 Å². The van der Waals surface area contributed by atoms with E-state index >= 15 is 0 Å². The van der Waals surface area contributed by atoms with Crippen LogP contribution in [0.15, 0.2) is 0 Å². The van der Waals surface area contributed by atoms with Gasteiger partial charge in [0.25, 0.3) is 0 Å². The van der Waals surface area contributed by atoms with Crippen LogP contribution >= 0.6 is 0 Å². The van der Waals surface area contributed by atoms with Crippen LogP contribution < -0.4 is 0 Å². The quantitative estimate of drug-likeness (QED) is 0.851. The van der Waals surface area contributed by atoms with Crippen molar-refractivity contribution < 1.29 is 14.6 Å². The van der Waals surface area contributed by atoms with Gasteiger partial charge in [-0.15, -0.1) is 0 Å². The van der Waals surface area contributed by atoms with E-state index in [1.54, 1.807) is 7.11 Å². The summed E-state index contributed by atoms with van der Waals surface area (Å²) in [5.74, 6) is 0.438. The van der Waals surface area contributed by atoms with Crippen LogP contribution in [-0.4, -0.2) is 72.9 Å². The lowest BCUT2D eigenvalue weighted by atomic mass is 9.71. The van der Waals surface area contributed by atoms with Gasteiger partial charge in [0.05, 0.1) is 12.2 Å². The molecule has 0 aromatic heterocycles. The summed E-state index contributed by atoms with van der Waals surface area (Å²) in [5.41, 5.74) is -0.937. The van der Waals surface area contributed by atoms with Gasteiger partial charge in [0.2, 0.25) is 5.91 Å². The van der Waals surface area contributed by atoms with Gasteiger partial charge in [-0.2, -0.15) is 0 Å². The lowest BCUT2D eigenvalue weighted by molar-refractivity contribution is -0.152. The number of carbonyl (C=O) groups excluding carboxylic acids is 1. The molecule has 0 radical (unpaired) electrons. The second-order valence-electron chi connectivity index (χ2n) is 7.78. The fraction of sp³-hybridized carbons (Fsp3) is 0.941. The number of amides is 1. The number of aliphatic hydroxyl groups is 1. The van der Waals surface area contributed by atoms with E-state index in [2.05, 4.69) is 18.7 Å². The topological polar surface area (TPSA) is 53.0 Å². The third kappa shape index (κ3) is 3.81. The number of piperidine rings is 2. The molecule has 0 spiro atoms. The largest absolute Gasteiger partial charge is 0.389 e. The van der Waals surface area contributed by atoms with Crippen molar-refractivity contribution in [2.75, 3.05) is 46.4 Å². The first-order chi connectivity index (χ1) is 10.3. The minimum Gasteiger partial charge on any atom is -0.389 e. The predicted octanol–water partition coefficient (Wildman–Crippen LogP) is 1.35. The molecule has 0 saturated carbocycles. The second-order valence-corrected chi connectivity index (χ2v) is 7.78. The maximum absolute atomic E-state index is 12.8. The molecule has 0 aliphatic carbocycles. The molecule has 2 saturated heterocycles. The Labute approximate surface area is 134 Å². The number of carbonyl (C=O) groups is 1. The maximum atomic E-state index is 12.8. The van der Waals surface area contributed by atoms with E-state index in [4.69, 9.17) is 4.74 Å². The number of methoxy groups -OCH3 is 1. The van der Waals surface area contributed by atoms with E-state index in [1.165, 1.54) is 0 Å². The van der Waals surface area contributed by atoms with Crippen LogP contribution in [0.3, 0.4) is 0 Å². The first-order valence-electron chi connectivity index (χ1n) is 8.49. The summed E-state index contributed by atoms with van der Waals surface area (Å²) < 4.78 is 5.12. The molecule has 2 aliphatic rings. The Balaban J connectivity index is 1.86. The number of ether oxygens (including phenoxy) is 1. The average molecular weight is 312 g/mol. The molecular formula is C17H32N2O3. The zero-order valence-electron chi connectivity index (χ0n) is 14.6. The van der Waals surface area contributed by atoms with Gasteiger partial charge in [-0.25, -0.2) is 0 Å². The molecule has 22 heavy (non-hydrogen) atoms. The molecule has 5 nitrogen and oxygen atoms in total. The third-order valence-corrected chi connectivity index (χ3v) is 5.77. The highest BCUT2D eigenvalue weighted by Crippen LogP contribution is 2.38. The van der Waals surface area contributed by atoms with Gasteiger partial charge in [0.1, 0.15) is 0 Å². The van der Waals surface area contributed by atoms with Gasteiger partial charge in [-0.3, -0.25) is 4.79 Å². The highest BCUT2D eigenvalue weighted by molar-refractivity contribution is 5.79. The summed E-state index contributed by atoms with van der Waals surface area (Å²) in [6.45, 7) is 11.0. The van der Waals surface area contributed by atoms with E-state index in [1.807, 2.05) is 11.8 Å². The monoisotopic (exact) mass is 312 g/mol. The zero-order chi connectivity index (χ0) is 16.4. The van der Waals surface area contributed by atoms with Gasteiger partial charge >= 0.3 is 0 Å². The molecule has 5 heteroatoms. The average Bonchev–Trinajstić information content (AvgIpc) is 2.48.